The average Bonchev–Trinajstić information content (AvgIpc) is 2.11. The number of hydrogen-bond acceptors (Lipinski definition) is 3. The van der Waals surface area contributed by atoms with E-state index in [1.807, 2.05) is 5.32 Å². The lowest BCUT2D eigenvalue weighted by Gasteiger charge is -2.17. The number of ketones is 1. The number of halogens is 5. The van der Waals surface area contributed by atoms with Gasteiger partial charge >= 0.3 is 12.1 Å². The first-order valence-corrected chi connectivity index (χ1v) is 3.45. The van der Waals surface area contributed by atoms with E-state index >= 15 is 0 Å². The van der Waals surface area contributed by atoms with Crippen molar-refractivity contribution in [3.63, 3.8) is 0 Å². The van der Waals surface area contributed by atoms with Crippen LogP contribution in [0.5, 0.6) is 0 Å². The van der Waals surface area contributed by atoms with Gasteiger partial charge in [-0.1, -0.05) is 0 Å². The number of allylic oxidation sites excluding steroid dienone is 1. The highest BCUT2D eigenvalue weighted by molar-refractivity contribution is 6.04. The number of carbonyl (C=O) groups is 1. The van der Waals surface area contributed by atoms with Crippen LogP contribution >= 0.6 is 0 Å². The number of alkyl halides is 5. The van der Waals surface area contributed by atoms with Crippen molar-refractivity contribution in [3.8, 4) is 6.07 Å². The van der Waals surface area contributed by atoms with Crippen molar-refractivity contribution in [1.29, 1.82) is 5.26 Å². The molecule has 0 aliphatic rings. The van der Waals surface area contributed by atoms with Crippen molar-refractivity contribution in [3.05, 3.63) is 11.8 Å². The fourth-order valence-electron chi connectivity index (χ4n) is 0.591. The van der Waals surface area contributed by atoms with Crippen molar-refractivity contribution in [2.45, 2.75) is 12.1 Å². The number of hydrogen-bond donors (Lipinski definition) is 1. The maximum atomic E-state index is 12.4. The molecule has 1 N–H and O–H groups in total. The first kappa shape index (κ1) is 13.4. The summed E-state index contributed by atoms with van der Waals surface area (Å²) in [6, 6.07) is 0.950. The van der Waals surface area contributed by atoms with Crippen LogP contribution in [0.3, 0.4) is 0 Å². The summed E-state index contributed by atoms with van der Waals surface area (Å²) in [5.74, 6) is -8.13. The molecule has 8 heteroatoms. The van der Waals surface area contributed by atoms with Crippen LogP contribution in [-0.4, -0.2) is 24.9 Å². The molecule has 0 radical (unpaired) electrons. The summed E-state index contributed by atoms with van der Waals surface area (Å²) >= 11 is 0. The second-order valence-electron chi connectivity index (χ2n) is 2.36. The first-order valence-electron chi connectivity index (χ1n) is 3.45. The Labute approximate surface area is 81.2 Å². The van der Waals surface area contributed by atoms with Gasteiger partial charge in [0.2, 0.25) is 0 Å². The van der Waals surface area contributed by atoms with Crippen LogP contribution in [-0.2, 0) is 4.79 Å². The molecule has 0 spiro atoms. The van der Waals surface area contributed by atoms with Gasteiger partial charge in [-0.15, -0.1) is 0 Å². The monoisotopic (exact) mass is 228 g/mol. The molecule has 0 aromatic rings. The van der Waals surface area contributed by atoms with Crippen molar-refractivity contribution >= 4 is 5.78 Å². The Morgan fingerprint density at radius 3 is 2.07 bits per heavy atom. The highest BCUT2D eigenvalue weighted by Gasteiger charge is 2.63. The zero-order valence-electron chi connectivity index (χ0n) is 7.32. The van der Waals surface area contributed by atoms with Crippen LogP contribution in [0, 0.1) is 11.3 Å². The van der Waals surface area contributed by atoms with E-state index < -0.39 is 23.5 Å². The molecule has 0 aliphatic carbocycles. The standard InChI is InChI=1S/C7H5F5N2O/c1-14-3-4(2-13)5(15)6(8,9)7(10,11)12/h3,14H,1H3. The number of carbonyl (C=O) groups excluding carboxylic acids is 1. The van der Waals surface area contributed by atoms with Crippen LogP contribution in [0.2, 0.25) is 0 Å². The molecule has 0 bridgehead atoms. The van der Waals surface area contributed by atoms with Crippen LogP contribution < -0.4 is 5.32 Å². The van der Waals surface area contributed by atoms with Gasteiger partial charge in [0.1, 0.15) is 11.6 Å². The summed E-state index contributed by atoms with van der Waals surface area (Å²) in [6.45, 7) is 0. The van der Waals surface area contributed by atoms with Gasteiger partial charge in [0.05, 0.1) is 0 Å². The third-order valence-electron chi connectivity index (χ3n) is 1.29. The first-order chi connectivity index (χ1) is 6.68. The highest BCUT2D eigenvalue weighted by Crippen LogP contribution is 2.37. The zero-order chi connectivity index (χ0) is 12.3. The van der Waals surface area contributed by atoms with Crippen LogP contribution in [0.4, 0.5) is 22.0 Å². The molecular formula is C7H5F5N2O. The van der Waals surface area contributed by atoms with Crippen LogP contribution in [0.1, 0.15) is 0 Å². The van der Waals surface area contributed by atoms with Crippen molar-refractivity contribution in [1.82, 2.24) is 5.32 Å². The molecule has 0 aromatic heterocycles. The smallest absolute Gasteiger partial charge is 0.393 e. The molecular weight excluding hydrogens is 223 g/mol. The van der Waals surface area contributed by atoms with Gasteiger partial charge in [-0.3, -0.25) is 4.79 Å². The Kier molecular flexibility index (Phi) is 3.78. The minimum absolute atomic E-state index is 0.474. The normalized spacial score (nSPS) is 13.3. The molecule has 84 valence electrons. The van der Waals surface area contributed by atoms with Crippen LogP contribution in [0.15, 0.2) is 11.8 Å². The predicted octanol–water partition coefficient (Wildman–Crippen LogP) is 1.38. The summed E-state index contributed by atoms with van der Waals surface area (Å²) in [7, 11) is 1.15. The number of nitrogens with zero attached hydrogens (tertiary/aromatic N) is 1. The van der Waals surface area contributed by atoms with E-state index in [1.54, 1.807) is 0 Å². The Hall–Kier alpha value is -1.65. The largest absolute Gasteiger partial charge is 0.461 e. The molecule has 0 rings (SSSR count). The van der Waals surface area contributed by atoms with Gasteiger partial charge in [-0.2, -0.15) is 27.2 Å². The van der Waals surface area contributed by atoms with Crippen LogP contribution in [0.25, 0.3) is 0 Å². The predicted molar refractivity (Wildman–Crippen MR) is 38.8 cm³/mol. The lowest BCUT2D eigenvalue weighted by Crippen LogP contribution is -2.44. The fraction of sp³-hybridized carbons (Fsp3) is 0.429. The van der Waals surface area contributed by atoms with Crippen molar-refractivity contribution in [2.24, 2.45) is 0 Å². The second-order valence-corrected chi connectivity index (χ2v) is 2.36. The Bertz CT molecular complexity index is 325. The maximum Gasteiger partial charge on any atom is 0.461 e. The quantitative estimate of drug-likeness (QED) is 0.451. The minimum atomic E-state index is -6.01. The van der Waals surface area contributed by atoms with Gasteiger partial charge in [-0.25, -0.2) is 0 Å². The van der Waals surface area contributed by atoms with Gasteiger partial charge in [-0.05, 0) is 0 Å². The van der Waals surface area contributed by atoms with E-state index in [1.165, 1.54) is 0 Å². The molecule has 15 heavy (non-hydrogen) atoms. The molecule has 0 unspecified atom stereocenters. The van der Waals surface area contributed by atoms with E-state index in [4.69, 9.17) is 5.26 Å². The van der Waals surface area contributed by atoms with Crippen molar-refractivity contribution in [2.75, 3.05) is 7.05 Å². The second kappa shape index (κ2) is 4.25. The highest BCUT2D eigenvalue weighted by atomic mass is 19.4. The summed E-state index contributed by atoms with van der Waals surface area (Å²) in [5, 5.41) is 10.2. The lowest BCUT2D eigenvalue weighted by atomic mass is 10.1. The SMILES string of the molecule is CNC=C(C#N)C(=O)C(F)(F)C(F)(F)F. The van der Waals surface area contributed by atoms with E-state index in [2.05, 4.69) is 0 Å². The zero-order valence-corrected chi connectivity index (χ0v) is 7.32. The fourth-order valence-corrected chi connectivity index (χ4v) is 0.591. The molecule has 0 saturated heterocycles. The van der Waals surface area contributed by atoms with Gasteiger partial charge in [0.25, 0.3) is 5.78 Å². The average molecular weight is 228 g/mol. The topological polar surface area (TPSA) is 52.9 Å². The van der Waals surface area contributed by atoms with Gasteiger partial charge in [0, 0.05) is 13.2 Å². The third-order valence-corrected chi connectivity index (χ3v) is 1.29. The summed E-state index contributed by atoms with van der Waals surface area (Å²) in [6.07, 6.45) is -5.53. The summed E-state index contributed by atoms with van der Waals surface area (Å²) in [4.78, 5) is 10.6. The number of rotatable bonds is 3. The lowest BCUT2D eigenvalue weighted by molar-refractivity contribution is -0.266. The molecule has 0 saturated carbocycles. The van der Waals surface area contributed by atoms with Crippen molar-refractivity contribution < 1.29 is 26.7 Å². The van der Waals surface area contributed by atoms with Gasteiger partial charge < -0.3 is 5.32 Å². The van der Waals surface area contributed by atoms with Gasteiger partial charge in [0.15, 0.2) is 0 Å². The maximum absolute atomic E-state index is 12.4. The molecule has 0 amide bonds. The minimum Gasteiger partial charge on any atom is -0.393 e. The molecule has 0 aliphatic heterocycles. The summed E-state index contributed by atoms with van der Waals surface area (Å²) in [5.41, 5.74) is -1.29. The third kappa shape index (κ3) is 2.65. The summed E-state index contributed by atoms with van der Waals surface area (Å²) < 4.78 is 59.9. The number of nitriles is 1. The van der Waals surface area contributed by atoms with E-state index in [9.17, 15) is 26.7 Å². The Morgan fingerprint density at radius 2 is 1.80 bits per heavy atom. The van der Waals surface area contributed by atoms with E-state index in [0.717, 1.165) is 13.1 Å². The molecule has 3 nitrogen and oxygen atoms in total. The molecule has 0 fully saturated rings. The number of Topliss-reactive ketones (excluding diaryl/α,β-unsaturated/α-hetero) is 1. The molecule has 0 aromatic carbocycles. The van der Waals surface area contributed by atoms with E-state index in [-0.39, 0.29) is 0 Å². The Balaban J connectivity index is 5.19. The molecule has 0 heterocycles. The van der Waals surface area contributed by atoms with E-state index in [0.29, 0.717) is 6.20 Å². The molecule has 0 atom stereocenters. The Morgan fingerprint density at radius 1 is 1.33 bits per heavy atom. The number of nitrogens with one attached hydrogen (secondary N) is 1.